The molecule has 0 aromatic heterocycles. The van der Waals surface area contributed by atoms with Crippen molar-refractivity contribution < 1.29 is 37.9 Å². The van der Waals surface area contributed by atoms with Crippen LogP contribution in [0.1, 0.15) is 187 Å². The van der Waals surface area contributed by atoms with Gasteiger partial charge in [0.2, 0.25) is 5.91 Å². The number of aliphatic hydroxyl groups excluding tert-OH is 1. The number of aliphatic hydroxyl groups is 1. The van der Waals surface area contributed by atoms with E-state index in [9.17, 15) is 24.2 Å². The molecule has 0 saturated heterocycles. The van der Waals surface area contributed by atoms with E-state index in [1.807, 2.05) is 0 Å². The van der Waals surface area contributed by atoms with Crippen molar-refractivity contribution in [2.45, 2.75) is 193 Å². The van der Waals surface area contributed by atoms with Gasteiger partial charge < -0.3 is 20.1 Å². The molecule has 0 heterocycles. The first-order valence-corrected chi connectivity index (χ1v) is 22.5. The lowest BCUT2D eigenvalue weighted by atomic mass is 10.0. The Balaban J connectivity index is 3.60. The van der Waals surface area contributed by atoms with Gasteiger partial charge in [0.25, 0.3) is 0 Å². The van der Waals surface area contributed by atoms with Crippen LogP contribution in [0.2, 0.25) is 0 Å². The first-order valence-electron chi connectivity index (χ1n) is 21.0. The summed E-state index contributed by atoms with van der Waals surface area (Å²) in [4.78, 5) is 33.8. The zero-order valence-corrected chi connectivity index (χ0v) is 34.1. The van der Waals surface area contributed by atoms with Crippen LogP contribution < -0.4 is 5.32 Å². The van der Waals surface area contributed by atoms with Crippen molar-refractivity contribution in [3.8, 4) is 0 Å². The van der Waals surface area contributed by atoms with E-state index < -0.39 is 26.5 Å². The summed E-state index contributed by atoms with van der Waals surface area (Å²) in [6.45, 7) is 3.41. The maximum Gasteiger partial charge on any atom is 0.472 e. The highest BCUT2D eigenvalue weighted by atomic mass is 31.2. The summed E-state index contributed by atoms with van der Waals surface area (Å²) in [6.07, 6.45) is 42.2. The standard InChI is InChI=1S/C42H78NO8P/c1-3-5-7-9-11-13-15-17-18-19-20-21-23-24-26-28-30-32-34-41(45)43-36-37-50-52(47,48)51-39-40(44)38-49-42(46)35-33-31-29-27-25-22-16-14-12-10-8-6-4-2/h6,8,12,14,22,25,40,44H,3-5,7,9-11,13,15-21,23-24,26-39H2,1-2H3,(H,43,45)(H,47,48)/b8-6-,14-12-,25-22-. The molecule has 0 aromatic rings. The Morgan fingerprint density at radius 2 is 1.10 bits per heavy atom. The quantitative estimate of drug-likeness (QED) is 0.0244. The number of ether oxygens (including phenoxy) is 1. The average Bonchev–Trinajstić information content (AvgIpc) is 3.13. The van der Waals surface area contributed by atoms with Crippen molar-refractivity contribution in [3.63, 3.8) is 0 Å². The number of esters is 1. The summed E-state index contributed by atoms with van der Waals surface area (Å²) in [5.41, 5.74) is 0. The van der Waals surface area contributed by atoms with Gasteiger partial charge in [0, 0.05) is 19.4 Å². The molecule has 9 nitrogen and oxygen atoms in total. The summed E-state index contributed by atoms with van der Waals surface area (Å²) >= 11 is 0. The van der Waals surface area contributed by atoms with Crippen LogP contribution in [0.25, 0.3) is 0 Å². The van der Waals surface area contributed by atoms with Crippen LogP contribution in [0.4, 0.5) is 0 Å². The Morgan fingerprint density at radius 3 is 1.65 bits per heavy atom. The first kappa shape index (κ1) is 50.2. The van der Waals surface area contributed by atoms with Crippen LogP contribution in [0, 0.1) is 0 Å². The molecule has 0 rings (SSSR count). The van der Waals surface area contributed by atoms with E-state index >= 15 is 0 Å². The molecule has 0 bridgehead atoms. The largest absolute Gasteiger partial charge is 0.472 e. The van der Waals surface area contributed by atoms with E-state index in [1.54, 1.807) is 0 Å². The third kappa shape index (κ3) is 39.4. The maximum atomic E-state index is 12.1. The number of carbonyl (C=O) groups excluding carboxylic acids is 2. The van der Waals surface area contributed by atoms with Gasteiger partial charge >= 0.3 is 13.8 Å². The van der Waals surface area contributed by atoms with E-state index in [-0.39, 0.29) is 32.1 Å². The van der Waals surface area contributed by atoms with Crippen molar-refractivity contribution >= 4 is 19.7 Å². The van der Waals surface area contributed by atoms with E-state index in [0.29, 0.717) is 12.8 Å². The van der Waals surface area contributed by atoms with Crippen LogP contribution in [0.3, 0.4) is 0 Å². The summed E-state index contributed by atoms with van der Waals surface area (Å²) < 4.78 is 26.8. The summed E-state index contributed by atoms with van der Waals surface area (Å²) in [6, 6.07) is 0. The van der Waals surface area contributed by atoms with Gasteiger partial charge in [-0.05, 0) is 44.9 Å². The topological polar surface area (TPSA) is 131 Å². The highest BCUT2D eigenvalue weighted by Crippen LogP contribution is 2.42. The second-order valence-corrected chi connectivity index (χ2v) is 15.4. The minimum atomic E-state index is -4.42. The molecule has 1 amide bonds. The Morgan fingerprint density at radius 1 is 0.615 bits per heavy atom. The summed E-state index contributed by atoms with van der Waals surface area (Å²) in [7, 11) is -4.42. The number of hydrogen-bond acceptors (Lipinski definition) is 7. The molecule has 0 radical (unpaired) electrons. The molecule has 52 heavy (non-hydrogen) atoms. The third-order valence-corrected chi connectivity index (χ3v) is 9.82. The second-order valence-electron chi connectivity index (χ2n) is 13.9. The van der Waals surface area contributed by atoms with Gasteiger partial charge in [0.15, 0.2) is 0 Å². The molecule has 2 atom stereocenters. The molecule has 2 unspecified atom stereocenters. The smallest absolute Gasteiger partial charge is 0.463 e. The van der Waals surface area contributed by atoms with Crippen LogP contribution in [-0.2, 0) is 27.9 Å². The van der Waals surface area contributed by atoms with Crippen LogP contribution in [0.5, 0.6) is 0 Å². The van der Waals surface area contributed by atoms with Gasteiger partial charge in [0.1, 0.15) is 12.7 Å². The van der Waals surface area contributed by atoms with Gasteiger partial charge in [-0.1, -0.05) is 166 Å². The minimum Gasteiger partial charge on any atom is -0.463 e. The zero-order valence-electron chi connectivity index (χ0n) is 33.3. The SMILES string of the molecule is CC/C=C\C/C=C\C/C=C\CCCCCC(=O)OCC(O)COP(=O)(O)OCCNC(=O)CCCCCCCCCCCCCCCCCCCC. The van der Waals surface area contributed by atoms with Crippen LogP contribution >= 0.6 is 7.82 Å². The van der Waals surface area contributed by atoms with Crippen molar-refractivity contribution in [2.24, 2.45) is 0 Å². The van der Waals surface area contributed by atoms with Crippen molar-refractivity contribution in [1.82, 2.24) is 5.32 Å². The molecule has 0 aromatic carbocycles. The Labute approximate surface area is 318 Å². The predicted molar refractivity (Wildman–Crippen MR) is 215 cm³/mol. The van der Waals surface area contributed by atoms with Gasteiger partial charge in [-0.15, -0.1) is 0 Å². The fourth-order valence-electron chi connectivity index (χ4n) is 5.69. The Hall–Kier alpha value is -1.77. The van der Waals surface area contributed by atoms with Gasteiger partial charge in [0.05, 0.1) is 13.2 Å². The lowest BCUT2D eigenvalue weighted by Crippen LogP contribution is -2.27. The number of carbonyl (C=O) groups is 2. The number of phosphoric ester groups is 1. The summed E-state index contributed by atoms with van der Waals surface area (Å²) in [5, 5.41) is 12.7. The third-order valence-electron chi connectivity index (χ3n) is 8.83. The fourth-order valence-corrected chi connectivity index (χ4v) is 6.45. The summed E-state index contributed by atoms with van der Waals surface area (Å²) in [5.74, 6) is -0.543. The maximum absolute atomic E-state index is 12.1. The van der Waals surface area contributed by atoms with Gasteiger partial charge in [-0.3, -0.25) is 18.6 Å². The molecular formula is C42H78NO8P. The second kappa shape index (κ2) is 38.9. The molecule has 10 heteroatoms. The van der Waals surface area contributed by atoms with Crippen molar-refractivity contribution in [1.29, 1.82) is 0 Å². The zero-order chi connectivity index (χ0) is 38.2. The average molecular weight is 756 g/mol. The van der Waals surface area contributed by atoms with E-state index in [4.69, 9.17) is 13.8 Å². The monoisotopic (exact) mass is 756 g/mol. The van der Waals surface area contributed by atoms with E-state index in [0.717, 1.165) is 57.8 Å². The fraction of sp³-hybridized carbons (Fsp3) is 0.810. The Bertz CT molecular complexity index is 954. The molecule has 0 fully saturated rings. The molecule has 0 saturated carbocycles. The number of amides is 1. The van der Waals surface area contributed by atoms with Gasteiger partial charge in [-0.2, -0.15) is 0 Å². The number of allylic oxidation sites excluding steroid dienone is 6. The molecule has 3 N–H and O–H groups in total. The number of rotatable bonds is 39. The molecule has 0 spiro atoms. The molecule has 0 aliphatic heterocycles. The van der Waals surface area contributed by atoms with Crippen molar-refractivity contribution in [3.05, 3.63) is 36.5 Å². The van der Waals surface area contributed by atoms with E-state index in [2.05, 4.69) is 55.6 Å². The number of hydrogen-bond donors (Lipinski definition) is 3. The molecular weight excluding hydrogens is 677 g/mol. The molecule has 0 aliphatic carbocycles. The number of phosphoric acid groups is 1. The molecule has 304 valence electrons. The number of unbranched alkanes of at least 4 members (excludes halogenated alkanes) is 20. The normalized spacial score (nSPS) is 13.7. The van der Waals surface area contributed by atoms with Crippen LogP contribution in [-0.4, -0.2) is 54.3 Å². The lowest BCUT2D eigenvalue weighted by Gasteiger charge is -2.15. The number of nitrogens with one attached hydrogen (secondary N) is 1. The molecule has 0 aliphatic rings. The van der Waals surface area contributed by atoms with Crippen molar-refractivity contribution in [2.75, 3.05) is 26.4 Å². The highest BCUT2D eigenvalue weighted by molar-refractivity contribution is 7.47. The Kier molecular flexibility index (Phi) is 37.6. The van der Waals surface area contributed by atoms with Crippen LogP contribution in [0.15, 0.2) is 36.5 Å². The minimum absolute atomic E-state index is 0.0801. The first-order chi connectivity index (χ1) is 25.3. The lowest BCUT2D eigenvalue weighted by molar-refractivity contribution is -0.147. The predicted octanol–water partition coefficient (Wildman–Crippen LogP) is 11.4. The van der Waals surface area contributed by atoms with Gasteiger partial charge in [-0.25, -0.2) is 4.57 Å². The van der Waals surface area contributed by atoms with E-state index in [1.165, 1.54) is 96.3 Å². The highest BCUT2D eigenvalue weighted by Gasteiger charge is 2.23.